The zero-order chi connectivity index (χ0) is 14.8. The molecule has 0 bridgehead atoms. The zero-order valence-electron chi connectivity index (χ0n) is 9.92. The van der Waals surface area contributed by atoms with Gasteiger partial charge in [-0.2, -0.15) is 13.2 Å². The molecular formula is C13H8BrClF3NO. The van der Waals surface area contributed by atoms with Gasteiger partial charge in [-0.05, 0) is 23.8 Å². The topological polar surface area (TPSA) is 22.1 Å². The monoisotopic (exact) mass is 365 g/mol. The van der Waals surface area contributed by atoms with E-state index in [2.05, 4.69) is 20.9 Å². The van der Waals surface area contributed by atoms with Crippen LogP contribution in [0.1, 0.15) is 11.1 Å². The second kappa shape index (κ2) is 6.01. The van der Waals surface area contributed by atoms with Gasteiger partial charge in [0.1, 0.15) is 11.8 Å². The van der Waals surface area contributed by atoms with E-state index in [9.17, 15) is 13.2 Å². The third-order valence-electron chi connectivity index (χ3n) is 2.40. The molecule has 1 aromatic carbocycles. The van der Waals surface area contributed by atoms with Crippen molar-refractivity contribution in [2.24, 2.45) is 0 Å². The number of rotatable bonds is 3. The fourth-order valence-corrected chi connectivity index (χ4v) is 1.91. The molecule has 0 aliphatic carbocycles. The summed E-state index contributed by atoms with van der Waals surface area (Å²) in [7, 11) is 0. The van der Waals surface area contributed by atoms with E-state index in [4.69, 9.17) is 16.3 Å². The van der Waals surface area contributed by atoms with Gasteiger partial charge >= 0.3 is 6.18 Å². The lowest BCUT2D eigenvalue weighted by Gasteiger charge is -2.10. The molecule has 0 amide bonds. The summed E-state index contributed by atoms with van der Waals surface area (Å²) in [5.74, 6) is -0.159. The van der Waals surface area contributed by atoms with Gasteiger partial charge in [-0.15, -0.1) is 0 Å². The highest BCUT2D eigenvalue weighted by molar-refractivity contribution is 9.10. The Balaban J connectivity index is 2.13. The molecule has 0 saturated carbocycles. The number of aromatic nitrogens is 1. The molecule has 7 heteroatoms. The lowest BCUT2D eigenvalue weighted by atomic mass is 10.2. The number of alkyl halides is 3. The van der Waals surface area contributed by atoms with Crippen LogP contribution in [0.4, 0.5) is 13.2 Å². The Hall–Kier alpha value is -1.27. The Morgan fingerprint density at radius 3 is 2.40 bits per heavy atom. The summed E-state index contributed by atoms with van der Waals surface area (Å²) >= 11 is 8.85. The largest absolute Gasteiger partial charge is 0.473 e. The summed E-state index contributed by atoms with van der Waals surface area (Å²) in [5, 5.41) is -0.259. The van der Waals surface area contributed by atoms with Crippen LogP contribution in [0.25, 0.3) is 0 Å². The van der Waals surface area contributed by atoms with Crippen molar-refractivity contribution >= 4 is 27.5 Å². The van der Waals surface area contributed by atoms with E-state index in [0.29, 0.717) is 0 Å². The van der Waals surface area contributed by atoms with Crippen LogP contribution in [-0.4, -0.2) is 4.98 Å². The predicted molar refractivity (Wildman–Crippen MR) is 72.7 cm³/mol. The van der Waals surface area contributed by atoms with Gasteiger partial charge in [0.15, 0.2) is 0 Å². The molecule has 0 spiro atoms. The van der Waals surface area contributed by atoms with E-state index in [1.807, 2.05) is 12.1 Å². The van der Waals surface area contributed by atoms with Crippen LogP contribution in [0.3, 0.4) is 0 Å². The maximum atomic E-state index is 12.6. The smallest absolute Gasteiger partial charge is 0.416 e. The first-order valence-electron chi connectivity index (χ1n) is 5.46. The van der Waals surface area contributed by atoms with E-state index in [1.54, 1.807) is 12.1 Å². The number of nitrogens with zero attached hydrogens (tertiary/aromatic N) is 1. The zero-order valence-corrected chi connectivity index (χ0v) is 12.3. The van der Waals surface area contributed by atoms with Crippen molar-refractivity contribution in [1.82, 2.24) is 4.98 Å². The highest BCUT2D eigenvalue weighted by Crippen LogP contribution is 2.32. The van der Waals surface area contributed by atoms with Gasteiger partial charge in [-0.1, -0.05) is 39.7 Å². The van der Waals surface area contributed by atoms with Crippen molar-refractivity contribution in [3.8, 4) is 5.88 Å². The molecule has 106 valence electrons. The minimum absolute atomic E-state index is 0.109. The lowest BCUT2D eigenvalue weighted by molar-refractivity contribution is -0.137. The van der Waals surface area contributed by atoms with Crippen molar-refractivity contribution in [3.63, 3.8) is 0 Å². The van der Waals surface area contributed by atoms with Crippen molar-refractivity contribution < 1.29 is 17.9 Å². The third-order valence-corrected chi connectivity index (χ3v) is 3.12. The Bertz CT molecular complexity index is 602. The summed E-state index contributed by atoms with van der Waals surface area (Å²) in [6.45, 7) is 0.109. The number of hydrogen-bond donors (Lipinski definition) is 0. The fraction of sp³-hybridized carbons (Fsp3) is 0.154. The summed E-state index contributed by atoms with van der Waals surface area (Å²) in [6, 6.07) is 8.79. The first kappa shape index (κ1) is 15.1. The molecule has 1 heterocycles. The van der Waals surface area contributed by atoms with Gasteiger partial charge in [0.25, 0.3) is 0 Å². The number of pyridine rings is 1. The van der Waals surface area contributed by atoms with Gasteiger partial charge in [-0.25, -0.2) is 4.98 Å². The molecule has 0 radical (unpaired) electrons. The quantitative estimate of drug-likeness (QED) is 0.706. The molecule has 0 aliphatic heterocycles. The predicted octanol–water partition coefficient (Wildman–Crippen LogP) is 5.10. The molecule has 1 aromatic heterocycles. The molecule has 0 N–H and O–H groups in total. The molecule has 20 heavy (non-hydrogen) atoms. The van der Waals surface area contributed by atoms with Crippen molar-refractivity contribution in [2.75, 3.05) is 0 Å². The average molecular weight is 367 g/mol. The van der Waals surface area contributed by atoms with Crippen LogP contribution < -0.4 is 4.74 Å². The van der Waals surface area contributed by atoms with Crippen LogP contribution >= 0.6 is 27.5 Å². The van der Waals surface area contributed by atoms with Crippen LogP contribution in [0.15, 0.2) is 40.9 Å². The fourth-order valence-electron chi connectivity index (χ4n) is 1.45. The highest BCUT2D eigenvalue weighted by atomic mass is 79.9. The van der Waals surface area contributed by atoms with Crippen LogP contribution in [-0.2, 0) is 12.8 Å². The van der Waals surface area contributed by atoms with Crippen molar-refractivity contribution in [3.05, 3.63) is 57.2 Å². The SMILES string of the molecule is FC(F)(F)c1cc(Cl)nc(OCc2ccc(Br)cc2)c1. The molecule has 0 saturated heterocycles. The molecule has 0 aliphatic rings. The summed E-state index contributed by atoms with van der Waals surface area (Å²) in [6.07, 6.45) is -4.48. The maximum Gasteiger partial charge on any atom is 0.416 e. The molecule has 0 atom stereocenters. The number of benzene rings is 1. The second-order valence-electron chi connectivity index (χ2n) is 3.93. The standard InChI is InChI=1S/C13H8BrClF3NO/c14-10-3-1-8(2-4-10)7-20-12-6-9(13(16,17)18)5-11(15)19-12/h1-6H,7H2. The lowest BCUT2D eigenvalue weighted by Crippen LogP contribution is -2.06. The van der Waals surface area contributed by atoms with E-state index >= 15 is 0 Å². The summed E-state index contributed by atoms with van der Waals surface area (Å²) in [5.41, 5.74) is -0.0770. The molecule has 2 aromatic rings. The normalized spacial score (nSPS) is 11.4. The van der Waals surface area contributed by atoms with Gasteiger partial charge < -0.3 is 4.74 Å². The van der Waals surface area contributed by atoms with E-state index in [-0.39, 0.29) is 17.6 Å². The first-order valence-corrected chi connectivity index (χ1v) is 6.64. The Morgan fingerprint density at radius 1 is 1.15 bits per heavy atom. The van der Waals surface area contributed by atoms with Crippen molar-refractivity contribution in [1.29, 1.82) is 0 Å². The van der Waals surface area contributed by atoms with E-state index in [0.717, 1.165) is 22.2 Å². The van der Waals surface area contributed by atoms with Gasteiger partial charge in [0, 0.05) is 10.5 Å². The van der Waals surface area contributed by atoms with E-state index in [1.165, 1.54) is 0 Å². The average Bonchev–Trinajstić information content (AvgIpc) is 2.36. The molecule has 2 nitrogen and oxygen atoms in total. The van der Waals surface area contributed by atoms with Gasteiger partial charge in [-0.3, -0.25) is 0 Å². The highest BCUT2D eigenvalue weighted by Gasteiger charge is 2.31. The van der Waals surface area contributed by atoms with Gasteiger partial charge in [0.05, 0.1) is 5.56 Å². The summed E-state index contributed by atoms with van der Waals surface area (Å²) in [4.78, 5) is 3.71. The maximum absolute atomic E-state index is 12.6. The number of halogens is 5. The minimum atomic E-state index is -4.48. The third kappa shape index (κ3) is 4.11. The Labute approximate surface area is 126 Å². The van der Waals surface area contributed by atoms with Crippen molar-refractivity contribution in [2.45, 2.75) is 12.8 Å². The van der Waals surface area contributed by atoms with Crippen LogP contribution in [0, 0.1) is 0 Å². The van der Waals surface area contributed by atoms with E-state index < -0.39 is 11.7 Å². The molecule has 0 fully saturated rings. The Kier molecular flexibility index (Phi) is 4.55. The van der Waals surface area contributed by atoms with Gasteiger partial charge in [0.2, 0.25) is 5.88 Å². The number of ether oxygens (including phenoxy) is 1. The van der Waals surface area contributed by atoms with Crippen LogP contribution in [0.2, 0.25) is 5.15 Å². The second-order valence-corrected chi connectivity index (χ2v) is 5.23. The van der Waals surface area contributed by atoms with Crippen LogP contribution in [0.5, 0.6) is 5.88 Å². The molecule has 0 unspecified atom stereocenters. The molecule has 2 rings (SSSR count). The molecular weight excluding hydrogens is 359 g/mol. The minimum Gasteiger partial charge on any atom is -0.473 e. The summed E-state index contributed by atoms with van der Waals surface area (Å²) < 4.78 is 44.0. The number of hydrogen-bond acceptors (Lipinski definition) is 2. The first-order chi connectivity index (χ1) is 9.34. The Morgan fingerprint density at radius 2 is 1.80 bits per heavy atom.